The highest BCUT2D eigenvalue weighted by molar-refractivity contribution is 7.85. The highest BCUT2D eigenvalue weighted by Gasteiger charge is 2.20. The molecule has 1 fully saturated rings. The van der Waals surface area contributed by atoms with Crippen LogP contribution in [0.4, 0.5) is 0 Å². The quantitative estimate of drug-likeness (QED) is 0.672. The van der Waals surface area contributed by atoms with Crippen molar-refractivity contribution < 1.29 is 8.95 Å². The van der Waals surface area contributed by atoms with Crippen LogP contribution in [0.3, 0.4) is 0 Å². The van der Waals surface area contributed by atoms with Gasteiger partial charge in [0, 0.05) is 28.9 Å². The van der Waals surface area contributed by atoms with E-state index in [1.807, 2.05) is 13.8 Å². The Labute approximate surface area is 77.1 Å². The summed E-state index contributed by atoms with van der Waals surface area (Å²) >= 11 is 0. The van der Waals surface area contributed by atoms with E-state index in [0.29, 0.717) is 12.0 Å². The van der Waals surface area contributed by atoms with Crippen LogP contribution in [0.5, 0.6) is 0 Å². The molecule has 0 aromatic rings. The molecule has 1 aliphatic rings. The Hall–Kier alpha value is 0.110. The van der Waals surface area contributed by atoms with Gasteiger partial charge in [-0.05, 0) is 32.6 Å². The Kier molecular flexibility index (Phi) is 4.22. The molecule has 3 heteroatoms. The van der Waals surface area contributed by atoms with Crippen molar-refractivity contribution in [1.29, 1.82) is 0 Å². The van der Waals surface area contributed by atoms with Gasteiger partial charge in [0.2, 0.25) is 0 Å². The van der Waals surface area contributed by atoms with Gasteiger partial charge in [-0.2, -0.15) is 0 Å². The Morgan fingerprint density at radius 2 is 2.33 bits per heavy atom. The predicted octanol–water partition coefficient (Wildman–Crippen LogP) is 1.57. The fraction of sp³-hybridized carbons (Fsp3) is 1.00. The molecule has 72 valence electrons. The second kappa shape index (κ2) is 4.97. The lowest BCUT2D eigenvalue weighted by Gasteiger charge is -2.10. The van der Waals surface area contributed by atoms with Gasteiger partial charge in [-0.25, -0.2) is 0 Å². The van der Waals surface area contributed by atoms with Gasteiger partial charge in [0.05, 0.1) is 6.10 Å². The van der Waals surface area contributed by atoms with Crippen LogP contribution < -0.4 is 0 Å². The van der Waals surface area contributed by atoms with E-state index in [1.54, 1.807) is 0 Å². The van der Waals surface area contributed by atoms with Crippen LogP contribution in [0, 0.1) is 5.92 Å². The number of hydrogen-bond donors (Lipinski definition) is 0. The molecule has 0 amide bonds. The summed E-state index contributed by atoms with van der Waals surface area (Å²) in [7, 11) is -0.523. The molecule has 1 rings (SSSR count). The van der Waals surface area contributed by atoms with Crippen LogP contribution in [-0.4, -0.2) is 28.4 Å². The maximum Gasteiger partial charge on any atom is 0.0518 e. The molecular formula is C9H18O2S. The third kappa shape index (κ3) is 3.68. The normalized spacial score (nSPS) is 29.9. The van der Waals surface area contributed by atoms with E-state index in [-0.39, 0.29) is 0 Å². The summed E-state index contributed by atoms with van der Waals surface area (Å²) < 4.78 is 16.5. The van der Waals surface area contributed by atoms with Gasteiger partial charge in [0.25, 0.3) is 0 Å². The minimum atomic E-state index is -0.523. The van der Waals surface area contributed by atoms with E-state index in [4.69, 9.17) is 4.74 Å². The summed E-state index contributed by atoms with van der Waals surface area (Å²) in [6, 6.07) is 0. The summed E-state index contributed by atoms with van der Waals surface area (Å²) in [4.78, 5) is 0. The molecule has 0 aromatic heterocycles. The topological polar surface area (TPSA) is 26.3 Å². The third-order valence-electron chi connectivity index (χ3n) is 2.15. The Morgan fingerprint density at radius 3 is 2.83 bits per heavy atom. The minimum absolute atomic E-state index is 0.330. The molecule has 1 heterocycles. The van der Waals surface area contributed by atoms with Gasteiger partial charge >= 0.3 is 0 Å². The van der Waals surface area contributed by atoms with Gasteiger partial charge in [0.1, 0.15) is 0 Å². The standard InChI is InChI=1S/C9H18O2S/c1-8(2)11-5-3-9-4-6-12(10)7-9/h8-9H,3-7H2,1-2H3. The molecule has 2 unspecified atom stereocenters. The summed E-state index contributed by atoms with van der Waals surface area (Å²) in [5, 5.41) is 0. The lowest BCUT2D eigenvalue weighted by atomic mass is 10.1. The van der Waals surface area contributed by atoms with Crippen molar-refractivity contribution in [2.75, 3.05) is 18.1 Å². The van der Waals surface area contributed by atoms with Crippen LogP contribution >= 0.6 is 0 Å². The lowest BCUT2D eigenvalue weighted by molar-refractivity contribution is 0.0702. The van der Waals surface area contributed by atoms with Crippen LogP contribution in [0.25, 0.3) is 0 Å². The molecule has 2 atom stereocenters. The molecule has 1 saturated heterocycles. The van der Waals surface area contributed by atoms with Crippen molar-refractivity contribution in [1.82, 2.24) is 0 Å². The van der Waals surface area contributed by atoms with E-state index in [0.717, 1.165) is 31.0 Å². The number of hydrogen-bond acceptors (Lipinski definition) is 2. The average molecular weight is 190 g/mol. The summed E-state index contributed by atoms with van der Waals surface area (Å²) in [5.41, 5.74) is 0. The molecule has 0 saturated carbocycles. The Morgan fingerprint density at radius 1 is 1.58 bits per heavy atom. The average Bonchev–Trinajstić information content (AvgIpc) is 2.35. The van der Waals surface area contributed by atoms with Crippen LogP contribution in [0.1, 0.15) is 26.7 Å². The van der Waals surface area contributed by atoms with Crippen molar-refractivity contribution in [3.63, 3.8) is 0 Å². The van der Waals surface area contributed by atoms with Gasteiger partial charge in [-0.3, -0.25) is 4.21 Å². The number of rotatable bonds is 4. The molecule has 0 aliphatic carbocycles. The van der Waals surface area contributed by atoms with Crippen LogP contribution in [-0.2, 0) is 15.5 Å². The van der Waals surface area contributed by atoms with Crippen LogP contribution in [0.2, 0.25) is 0 Å². The minimum Gasteiger partial charge on any atom is -0.379 e. The molecule has 2 nitrogen and oxygen atoms in total. The molecule has 0 aromatic carbocycles. The largest absolute Gasteiger partial charge is 0.379 e. The molecule has 0 N–H and O–H groups in total. The zero-order chi connectivity index (χ0) is 8.97. The maximum absolute atomic E-state index is 11.0. The van der Waals surface area contributed by atoms with Gasteiger partial charge in [-0.1, -0.05) is 0 Å². The first-order valence-corrected chi connectivity index (χ1v) is 6.14. The highest BCUT2D eigenvalue weighted by Crippen LogP contribution is 2.18. The SMILES string of the molecule is CC(C)OCCC1CCS(=O)C1. The van der Waals surface area contributed by atoms with Gasteiger partial charge in [0.15, 0.2) is 0 Å². The third-order valence-corrected chi connectivity index (χ3v) is 3.69. The van der Waals surface area contributed by atoms with Crippen molar-refractivity contribution in [2.24, 2.45) is 5.92 Å². The van der Waals surface area contributed by atoms with E-state index in [2.05, 4.69) is 0 Å². The Bertz CT molecular complexity index is 157. The molecule has 1 aliphatic heterocycles. The molecule has 0 radical (unpaired) electrons. The molecule has 0 spiro atoms. The second-order valence-electron chi connectivity index (χ2n) is 3.67. The molecule has 0 bridgehead atoms. The van der Waals surface area contributed by atoms with E-state index in [1.165, 1.54) is 0 Å². The van der Waals surface area contributed by atoms with E-state index < -0.39 is 10.8 Å². The van der Waals surface area contributed by atoms with Gasteiger partial charge in [-0.15, -0.1) is 0 Å². The first-order chi connectivity index (χ1) is 5.68. The fourth-order valence-corrected chi connectivity index (χ4v) is 3.05. The first kappa shape index (κ1) is 10.2. The Balaban J connectivity index is 2.04. The van der Waals surface area contributed by atoms with Crippen molar-refractivity contribution >= 4 is 10.8 Å². The van der Waals surface area contributed by atoms with Crippen molar-refractivity contribution in [3.05, 3.63) is 0 Å². The predicted molar refractivity (Wildman–Crippen MR) is 51.7 cm³/mol. The van der Waals surface area contributed by atoms with Crippen molar-refractivity contribution in [2.45, 2.75) is 32.8 Å². The summed E-state index contributed by atoms with van der Waals surface area (Å²) in [6.07, 6.45) is 2.55. The van der Waals surface area contributed by atoms with E-state index >= 15 is 0 Å². The fourth-order valence-electron chi connectivity index (χ4n) is 1.43. The molecule has 12 heavy (non-hydrogen) atoms. The zero-order valence-electron chi connectivity index (χ0n) is 7.91. The second-order valence-corrected chi connectivity index (χ2v) is 5.29. The van der Waals surface area contributed by atoms with Gasteiger partial charge < -0.3 is 4.74 Å². The highest BCUT2D eigenvalue weighted by atomic mass is 32.2. The maximum atomic E-state index is 11.0. The van der Waals surface area contributed by atoms with E-state index in [9.17, 15) is 4.21 Å². The van der Waals surface area contributed by atoms with Crippen molar-refractivity contribution in [3.8, 4) is 0 Å². The smallest absolute Gasteiger partial charge is 0.0518 e. The molecular weight excluding hydrogens is 172 g/mol. The number of ether oxygens (including phenoxy) is 1. The summed E-state index contributed by atoms with van der Waals surface area (Å²) in [6.45, 7) is 4.93. The monoisotopic (exact) mass is 190 g/mol. The lowest BCUT2D eigenvalue weighted by Crippen LogP contribution is -2.09. The summed E-state index contributed by atoms with van der Waals surface area (Å²) in [5.74, 6) is 2.47. The zero-order valence-corrected chi connectivity index (χ0v) is 8.73. The first-order valence-electron chi connectivity index (χ1n) is 4.65. The van der Waals surface area contributed by atoms with Crippen LogP contribution in [0.15, 0.2) is 0 Å².